The van der Waals surface area contributed by atoms with E-state index in [0.29, 0.717) is 16.3 Å². The van der Waals surface area contributed by atoms with E-state index in [1.54, 1.807) is 18.2 Å². The molecule has 2 rings (SSSR count). The number of aryl methyl sites for hydroxylation is 2. The Morgan fingerprint density at radius 2 is 1.95 bits per heavy atom. The number of ether oxygens (including phenoxy) is 1. The highest BCUT2D eigenvalue weighted by atomic mass is 35.5. The molecule has 96 valence electrons. The lowest BCUT2D eigenvalue weighted by atomic mass is 10.1. The van der Waals surface area contributed by atoms with Crippen molar-refractivity contribution in [2.75, 3.05) is 5.73 Å². The molecule has 5 heteroatoms. The Kier molecular flexibility index (Phi) is 3.59. The van der Waals surface area contributed by atoms with Crippen LogP contribution in [0, 0.1) is 25.2 Å². The van der Waals surface area contributed by atoms with Gasteiger partial charge in [0.25, 0.3) is 0 Å². The number of hydrogen-bond donors (Lipinski definition) is 1. The molecule has 19 heavy (non-hydrogen) atoms. The predicted molar refractivity (Wildman–Crippen MR) is 74.4 cm³/mol. The van der Waals surface area contributed by atoms with Crippen molar-refractivity contribution in [3.63, 3.8) is 0 Å². The standard InChI is InChI=1S/C14H12ClN3O/c1-8-5-11(15)6-9(2)13(8)19-14-12(17)10(7-16)3-4-18-14/h3-6H,17H2,1-2H3. The molecule has 0 unspecified atom stereocenters. The van der Waals surface area contributed by atoms with Crippen LogP contribution in [0.3, 0.4) is 0 Å². The van der Waals surface area contributed by atoms with Gasteiger partial charge in [0.2, 0.25) is 5.88 Å². The van der Waals surface area contributed by atoms with Gasteiger partial charge < -0.3 is 10.5 Å². The molecule has 0 bridgehead atoms. The van der Waals surface area contributed by atoms with E-state index in [0.717, 1.165) is 11.1 Å². The zero-order valence-electron chi connectivity index (χ0n) is 10.6. The summed E-state index contributed by atoms with van der Waals surface area (Å²) in [6.07, 6.45) is 1.49. The molecule has 0 aliphatic rings. The first-order valence-corrected chi connectivity index (χ1v) is 6.00. The summed E-state index contributed by atoms with van der Waals surface area (Å²) in [6.45, 7) is 3.77. The van der Waals surface area contributed by atoms with Crippen LogP contribution in [-0.4, -0.2) is 4.98 Å². The van der Waals surface area contributed by atoms with Crippen molar-refractivity contribution in [1.82, 2.24) is 4.98 Å². The number of nitrogen functional groups attached to an aromatic ring is 1. The first kappa shape index (κ1) is 13.2. The molecule has 0 saturated carbocycles. The maximum atomic E-state index is 8.92. The van der Waals surface area contributed by atoms with Crippen molar-refractivity contribution in [2.45, 2.75) is 13.8 Å². The van der Waals surface area contributed by atoms with Crippen LogP contribution < -0.4 is 10.5 Å². The summed E-state index contributed by atoms with van der Waals surface area (Å²) < 4.78 is 5.72. The first-order valence-electron chi connectivity index (χ1n) is 5.62. The van der Waals surface area contributed by atoms with Gasteiger partial charge >= 0.3 is 0 Å². The van der Waals surface area contributed by atoms with Crippen LogP contribution in [0.5, 0.6) is 11.6 Å². The number of pyridine rings is 1. The monoisotopic (exact) mass is 273 g/mol. The minimum atomic E-state index is 0.229. The van der Waals surface area contributed by atoms with Crippen molar-refractivity contribution >= 4 is 17.3 Å². The van der Waals surface area contributed by atoms with Gasteiger partial charge in [-0.2, -0.15) is 5.26 Å². The SMILES string of the molecule is Cc1cc(Cl)cc(C)c1Oc1nccc(C#N)c1N. The first-order chi connectivity index (χ1) is 9.02. The van der Waals surface area contributed by atoms with Crippen molar-refractivity contribution < 1.29 is 4.74 Å². The van der Waals surface area contributed by atoms with Gasteiger partial charge in [-0.1, -0.05) is 11.6 Å². The summed E-state index contributed by atoms with van der Waals surface area (Å²) in [4.78, 5) is 4.06. The zero-order valence-corrected chi connectivity index (χ0v) is 11.3. The third-order valence-corrected chi connectivity index (χ3v) is 2.92. The fourth-order valence-electron chi connectivity index (χ4n) is 1.79. The van der Waals surface area contributed by atoms with Gasteiger partial charge in [0, 0.05) is 11.2 Å². The average Bonchev–Trinajstić information content (AvgIpc) is 2.35. The van der Waals surface area contributed by atoms with E-state index in [1.165, 1.54) is 6.20 Å². The van der Waals surface area contributed by atoms with Gasteiger partial charge in [-0.05, 0) is 43.2 Å². The Labute approximate surface area is 116 Å². The molecule has 0 radical (unpaired) electrons. The van der Waals surface area contributed by atoms with E-state index in [1.807, 2.05) is 19.9 Å². The summed E-state index contributed by atoms with van der Waals surface area (Å²) in [7, 11) is 0. The number of anilines is 1. The third kappa shape index (κ3) is 2.61. The lowest BCUT2D eigenvalue weighted by Gasteiger charge is -2.13. The van der Waals surface area contributed by atoms with Gasteiger partial charge in [-0.15, -0.1) is 0 Å². The largest absolute Gasteiger partial charge is 0.436 e. The van der Waals surface area contributed by atoms with Crippen molar-refractivity contribution in [1.29, 1.82) is 5.26 Å². The second kappa shape index (κ2) is 5.17. The van der Waals surface area contributed by atoms with E-state index in [2.05, 4.69) is 4.98 Å². The molecule has 0 spiro atoms. The third-order valence-electron chi connectivity index (χ3n) is 2.70. The van der Waals surface area contributed by atoms with E-state index in [4.69, 9.17) is 27.3 Å². The van der Waals surface area contributed by atoms with Crippen molar-refractivity contribution in [3.05, 3.63) is 46.1 Å². The Morgan fingerprint density at radius 3 is 2.53 bits per heavy atom. The highest BCUT2D eigenvalue weighted by Crippen LogP contribution is 2.33. The molecule has 4 nitrogen and oxygen atoms in total. The molecule has 1 aromatic carbocycles. The van der Waals surface area contributed by atoms with E-state index < -0.39 is 0 Å². The highest BCUT2D eigenvalue weighted by Gasteiger charge is 2.12. The average molecular weight is 274 g/mol. The Morgan fingerprint density at radius 1 is 1.32 bits per heavy atom. The van der Waals surface area contributed by atoms with Gasteiger partial charge in [0.15, 0.2) is 0 Å². The topological polar surface area (TPSA) is 71.9 Å². The zero-order chi connectivity index (χ0) is 14.0. The molecular formula is C14H12ClN3O. The van der Waals surface area contributed by atoms with Crippen LogP contribution in [-0.2, 0) is 0 Å². The highest BCUT2D eigenvalue weighted by molar-refractivity contribution is 6.30. The fraction of sp³-hybridized carbons (Fsp3) is 0.143. The molecule has 0 fully saturated rings. The molecule has 0 aliphatic carbocycles. The number of rotatable bonds is 2. The summed E-state index contributed by atoms with van der Waals surface area (Å²) in [5.41, 5.74) is 8.18. The van der Waals surface area contributed by atoms with E-state index in [9.17, 15) is 0 Å². The lowest BCUT2D eigenvalue weighted by molar-refractivity contribution is 0.458. The van der Waals surface area contributed by atoms with Crippen LogP contribution in [0.1, 0.15) is 16.7 Å². The Hall–Kier alpha value is -2.25. The van der Waals surface area contributed by atoms with Gasteiger partial charge in [0.05, 0.1) is 5.56 Å². The predicted octanol–water partition coefficient (Wildman–Crippen LogP) is 3.60. The summed E-state index contributed by atoms with van der Waals surface area (Å²) in [5.74, 6) is 0.881. The lowest BCUT2D eigenvalue weighted by Crippen LogP contribution is -1.99. The second-order valence-corrected chi connectivity index (χ2v) is 4.60. The van der Waals surface area contributed by atoms with Crippen LogP contribution in [0.2, 0.25) is 5.02 Å². The van der Waals surface area contributed by atoms with Crippen LogP contribution in [0.15, 0.2) is 24.4 Å². The minimum absolute atomic E-state index is 0.229. The Bertz CT molecular complexity index is 654. The molecule has 0 aliphatic heterocycles. The summed E-state index contributed by atoms with van der Waals surface area (Å²) in [6, 6.07) is 7.14. The van der Waals surface area contributed by atoms with Crippen LogP contribution >= 0.6 is 11.6 Å². The molecule has 0 amide bonds. The second-order valence-electron chi connectivity index (χ2n) is 4.16. The number of aromatic nitrogens is 1. The summed E-state index contributed by atoms with van der Waals surface area (Å²) >= 11 is 5.97. The van der Waals surface area contributed by atoms with Crippen molar-refractivity contribution in [3.8, 4) is 17.7 Å². The van der Waals surface area contributed by atoms with E-state index in [-0.39, 0.29) is 11.6 Å². The maximum absolute atomic E-state index is 8.92. The molecule has 2 aromatic rings. The normalized spacial score (nSPS) is 10.0. The number of halogens is 1. The molecule has 0 saturated heterocycles. The summed E-state index contributed by atoms with van der Waals surface area (Å²) in [5, 5.41) is 9.57. The molecule has 1 aromatic heterocycles. The maximum Gasteiger partial charge on any atom is 0.244 e. The number of benzene rings is 1. The van der Waals surface area contributed by atoms with Crippen LogP contribution in [0.4, 0.5) is 5.69 Å². The number of nitrogens with zero attached hydrogens (tertiary/aromatic N) is 2. The van der Waals surface area contributed by atoms with Gasteiger partial charge in [0.1, 0.15) is 17.5 Å². The minimum Gasteiger partial charge on any atom is -0.436 e. The van der Waals surface area contributed by atoms with Gasteiger partial charge in [-0.3, -0.25) is 0 Å². The molecule has 1 heterocycles. The van der Waals surface area contributed by atoms with Crippen molar-refractivity contribution in [2.24, 2.45) is 0 Å². The molecular weight excluding hydrogens is 262 g/mol. The van der Waals surface area contributed by atoms with E-state index >= 15 is 0 Å². The molecule has 2 N–H and O–H groups in total. The Balaban J connectivity index is 2.46. The smallest absolute Gasteiger partial charge is 0.244 e. The number of hydrogen-bond acceptors (Lipinski definition) is 4. The number of nitrogens with two attached hydrogens (primary N) is 1. The fourth-order valence-corrected chi connectivity index (χ4v) is 2.12. The van der Waals surface area contributed by atoms with Crippen LogP contribution in [0.25, 0.3) is 0 Å². The number of nitriles is 1. The molecule has 0 atom stereocenters. The quantitative estimate of drug-likeness (QED) is 0.907. The van der Waals surface area contributed by atoms with Gasteiger partial charge in [-0.25, -0.2) is 4.98 Å².